The van der Waals surface area contributed by atoms with Crippen LogP contribution < -0.4 is 0 Å². The zero-order valence-electron chi connectivity index (χ0n) is 13.7. The van der Waals surface area contributed by atoms with Crippen molar-refractivity contribution < 1.29 is 20.0 Å². The van der Waals surface area contributed by atoms with Gasteiger partial charge in [-0.3, -0.25) is 0 Å². The van der Waals surface area contributed by atoms with Gasteiger partial charge < -0.3 is 9.99 Å². The summed E-state index contributed by atoms with van der Waals surface area (Å²) >= 11 is 0. The van der Waals surface area contributed by atoms with E-state index in [0.717, 1.165) is 51.4 Å². The van der Waals surface area contributed by atoms with E-state index in [1.54, 1.807) is 0 Å². The van der Waals surface area contributed by atoms with E-state index in [1.165, 1.54) is 0 Å². The molecule has 2 N–H and O–H groups in total. The van der Waals surface area contributed by atoms with Crippen LogP contribution in [-0.2, 0) is 9.68 Å². The molecule has 0 amide bonds. The summed E-state index contributed by atoms with van der Waals surface area (Å²) in [5.41, 5.74) is 0. The summed E-state index contributed by atoms with van der Waals surface area (Å²) < 4.78 is 0. The normalized spacial score (nSPS) is 12.4. The zero-order valence-corrected chi connectivity index (χ0v) is 13.7. The first-order valence-electron chi connectivity index (χ1n) is 8.23. The van der Waals surface area contributed by atoms with Crippen LogP contribution in [0.15, 0.2) is 36.1 Å². The van der Waals surface area contributed by atoms with E-state index in [-0.39, 0.29) is 6.42 Å². The van der Waals surface area contributed by atoms with Crippen LogP contribution in [0.5, 0.6) is 0 Å². The van der Waals surface area contributed by atoms with Gasteiger partial charge in [-0.2, -0.15) is 5.26 Å². The van der Waals surface area contributed by atoms with Crippen molar-refractivity contribution in [1.29, 1.82) is 0 Å². The number of unbranched alkanes of at least 4 members (excludes halogenated alkanes) is 4. The maximum atomic E-state index is 10.7. The predicted octanol–water partition coefficient (Wildman–Crippen LogP) is 5.48. The first-order valence-corrected chi connectivity index (χ1v) is 8.23. The lowest BCUT2D eigenvalue weighted by atomic mass is 10.1. The van der Waals surface area contributed by atoms with Crippen LogP contribution in [0.1, 0.15) is 71.1 Å². The van der Waals surface area contributed by atoms with Gasteiger partial charge in [-0.05, 0) is 38.2 Å². The maximum absolute atomic E-state index is 10.7. The van der Waals surface area contributed by atoms with Gasteiger partial charge in [0.1, 0.15) is 0 Å². The predicted molar refractivity (Wildman–Crippen MR) is 89.6 cm³/mol. The van der Waals surface area contributed by atoms with E-state index in [9.17, 15) is 9.90 Å². The number of carbonyl (C=O) groups excluding carboxylic acids is 1. The molecular formula is C18H30O4. The molecule has 0 fully saturated rings. The van der Waals surface area contributed by atoms with E-state index in [1.807, 2.05) is 6.08 Å². The molecular weight excluding hydrogens is 280 g/mol. The molecule has 0 aliphatic heterocycles. The van der Waals surface area contributed by atoms with Gasteiger partial charge in [0.2, 0.25) is 0 Å². The molecule has 126 valence electrons. The molecule has 0 aliphatic carbocycles. The Balaban J connectivity index is 3.48. The van der Waals surface area contributed by atoms with Gasteiger partial charge in [0, 0.05) is 12.8 Å². The largest absolute Gasteiger partial charge is 0.513 e. The van der Waals surface area contributed by atoms with Crippen LogP contribution in [-0.4, -0.2) is 16.3 Å². The molecule has 0 aliphatic rings. The average molecular weight is 310 g/mol. The molecule has 22 heavy (non-hydrogen) atoms. The summed E-state index contributed by atoms with van der Waals surface area (Å²) in [6.07, 6.45) is 18.8. The standard InChI is InChI=1S/C18H30O4/c1-2-3-4-5-6-8-11-14-17(19)15-12-9-7-10-13-16-18(20)22-21/h3-4,6,8,14,19,21H,2,5,7,9-13,15-16H2,1H3/b4-3-,8-6-,17-14+. The second-order valence-corrected chi connectivity index (χ2v) is 5.25. The Labute approximate surface area is 134 Å². The summed E-state index contributed by atoms with van der Waals surface area (Å²) in [5.74, 6) is -0.114. The lowest BCUT2D eigenvalue weighted by Gasteiger charge is -2.01. The Kier molecular flexibility index (Phi) is 14.7. The molecule has 0 saturated heterocycles. The highest BCUT2D eigenvalue weighted by Gasteiger charge is 2.01. The smallest absolute Gasteiger partial charge is 0.342 e. The lowest BCUT2D eigenvalue weighted by Crippen LogP contribution is -1.99. The third kappa shape index (κ3) is 14.9. The monoisotopic (exact) mass is 310 g/mol. The number of allylic oxidation sites excluding steroid dienone is 6. The van der Waals surface area contributed by atoms with Crippen LogP contribution in [0.4, 0.5) is 0 Å². The molecule has 0 aromatic rings. The van der Waals surface area contributed by atoms with Gasteiger partial charge in [-0.15, -0.1) is 0 Å². The number of aliphatic hydroxyl groups is 1. The van der Waals surface area contributed by atoms with Crippen molar-refractivity contribution in [2.45, 2.75) is 71.1 Å². The van der Waals surface area contributed by atoms with Crippen molar-refractivity contribution in [3.63, 3.8) is 0 Å². The Morgan fingerprint density at radius 1 is 0.909 bits per heavy atom. The van der Waals surface area contributed by atoms with E-state index in [2.05, 4.69) is 36.1 Å². The highest BCUT2D eigenvalue weighted by atomic mass is 17.1. The molecule has 0 heterocycles. The molecule has 0 radical (unpaired) electrons. The fourth-order valence-electron chi connectivity index (χ4n) is 1.99. The molecule has 0 atom stereocenters. The first kappa shape index (κ1) is 20.5. The van der Waals surface area contributed by atoms with Crippen molar-refractivity contribution in [2.75, 3.05) is 0 Å². The van der Waals surface area contributed by atoms with Crippen molar-refractivity contribution in [3.8, 4) is 0 Å². The van der Waals surface area contributed by atoms with Gasteiger partial charge in [-0.25, -0.2) is 4.79 Å². The number of hydrogen-bond donors (Lipinski definition) is 2. The highest BCUT2D eigenvalue weighted by Crippen LogP contribution is 2.11. The number of hydrogen-bond acceptors (Lipinski definition) is 4. The molecule has 4 heteroatoms. The highest BCUT2D eigenvalue weighted by molar-refractivity contribution is 5.68. The van der Waals surface area contributed by atoms with E-state index in [4.69, 9.17) is 5.26 Å². The van der Waals surface area contributed by atoms with Crippen LogP contribution in [0, 0.1) is 0 Å². The Bertz CT molecular complexity index is 356. The van der Waals surface area contributed by atoms with Gasteiger partial charge in [0.25, 0.3) is 0 Å². The van der Waals surface area contributed by atoms with Crippen molar-refractivity contribution in [3.05, 3.63) is 36.1 Å². The topological polar surface area (TPSA) is 66.8 Å². The Hall–Kier alpha value is -1.55. The van der Waals surface area contributed by atoms with Gasteiger partial charge in [0.15, 0.2) is 0 Å². The molecule has 0 bridgehead atoms. The van der Waals surface area contributed by atoms with Gasteiger partial charge >= 0.3 is 5.97 Å². The first-order chi connectivity index (χ1) is 10.7. The fourth-order valence-corrected chi connectivity index (χ4v) is 1.99. The minimum absolute atomic E-state index is 0.265. The maximum Gasteiger partial charge on any atom is 0.342 e. The van der Waals surface area contributed by atoms with Gasteiger partial charge in [-0.1, -0.05) is 50.5 Å². The molecule has 0 aromatic heterocycles. The van der Waals surface area contributed by atoms with E-state index < -0.39 is 5.97 Å². The molecule has 4 nitrogen and oxygen atoms in total. The second-order valence-electron chi connectivity index (χ2n) is 5.25. The average Bonchev–Trinajstić information content (AvgIpc) is 2.52. The fraction of sp³-hybridized carbons (Fsp3) is 0.611. The Morgan fingerprint density at radius 2 is 1.50 bits per heavy atom. The summed E-state index contributed by atoms with van der Waals surface area (Å²) in [6.45, 7) is 2.12. The molecule has 0 rings (SSSR count). The van der Waals surface area contributed by atoms with E-state index >= 15 is 0 Å². The number of carbonyl (C=O) groups is 1. The summed E-state index contributed by atoms with van der Waals surface area (Å²) in [7, 11) is 0. The van der Waals surface area contributed by atoms with Crippen LogP contribution in [0.3, 0.4) is 0 Å². The minimum atomic E-state index is -0.571. The second kappa shape index (κ2) is 15.8. The third-order valence-corrected chi connectivity index (χ3v) is 3.25. The van der Waals surface area contributed by atoms with Crippen LogP contribution >= 0.6 is 0 Å². The molecule has 0 aromatic carbocycles. The summed E-state index contributed by atoms with van der Waals surface area (Å²) in [5, 5.41) is 17.8. The quantitative estimate of drug-likeness (QED) is 0.155. The van der Waals surface area contributed by atoms with Crippen LogP contribution in [0.25, 0.3) is 0 Å². The number of aliphatic hydroxyl groups excluding tert-OH is 1. The van der Waals surface area contributed by atoms with Crippen molar-refractivity contribution in [1.82, 2.24) is 0 Å². The SMILES string of the molecule is CC/C=C\C/C=C\C/C=C(/O)CCCCCCCC(=O)OO. The summed E-state index contributed by atoms with van der Waals surface area (Å²) in [6, 6.07) is 0. The number of rotatable bonds is 13. The molecule has 0 saturated carbocycles. The Morgan fingerprint density at radius 3 is 2.18 bits per heavy atom. The van der Waals surface area contributed by atoms with E-state index in [0.29, 0.717) is 12.2 Å². The lowest BCUT2D eigenvalue weighted by molar-refractivity contribution is -0.234. The molecule has 0 unspecified atom stereocenters. The summed E-state index contributed by atoms with van der Waals surface area (Å²) in [4.78, 5) is 14.3. The zero-order chi connectivity index (χ0) is 16.5. The minimum Gasteiger partial charge on any atom is -0.513 e. The third-order valence-electron chi connectivity index (χ3n) is 3.25. The molecule has 0 spiro atoms. The van der Waals surface area contributed by atoms with Crippen molar-refractivity contribution in [2.24, 2.45) is 0 Å². The van der Waals surface area contributed by atoms with Gasteiger partial charge in [0.05, 0.1) is 5.76 Å². The van der Waals surface area contributed by atoms with Crippen molar-refractivity contribution >= 4 is 5.97 Å². The van der Waals surface area contributed by atoms with Crippen LogP contribution in [0.2, 0.25) is 0 Å².